The van der Waals surface area contributed by atoms with Crippen LogP contribution in [-0.2, 0) is 6.42 Å². The van der Waals surface area contributed by atoms with Gasteiger partial charge < -0.3 is 35.6 Å². The zero-order valence-electron chi connectivity index (χ0n) is 29.7. The van der Waals surface area contributed by atoms with Crippen molar-refractivity contribution in [2.45, 2.75) is 62.4 Å². The first-order valence-corrected chi connectivity index (χ1v) is 18.0. The van der Waals surface area contributed by atoms with Crippen molar-refractivity contribution in [1.29, 1.82) is 0 Å². The Morgan fingerprint density at radius 1 is 0.944 bits per heavy atom. The molecule has 1 saturated heterocycles. The number of hydrogen-bond acceptors (Lipinski definition) is 11. The molecule has 0 radical (unpaired) electrons. The summed E-state index contributed by atoms with van der Waals surface area (Å²) in [6.07, 6.45) is 6.20. The van der Waals surface area contributed by atoms with Gasteiger partial charge >= 0.3 is 6.03 Å². The van der Waals surface area contributed by atoms with E-state index in [1.165, 1.54) is 4.80 Å². The number of rotatable bonds is 11. The maximum absolute atomic E-state index is 12.8. The van der Waals surface area contributed by atoms with Gasteiger partial charge in [0.2, 0.25) is 5.95 Å². The van der Waals surface area contributed by atoms with E-state index in [1.54, 1.807) is 37.1 Å². The van der Waals surface area contributed by atoms with Crippen LogP contribution in [0.2, 0.25) is 0 Å². The second kappa shape index (κ2) is 16.2. The Morgan fingerprint density at radius 2 is 1.65 bits per heavy atom. The largest absolute Gasteiger partial charge is 0.388 e. The minimum Gasteiger partial charge on any atom is -0.388 e. The standard InChI is InChI=1S/C38H42N12O3.ClH/c1-2-26-20-42-50(47-26)31-19-30(33(51)34(31)52)49-23-41-32-35(40-21-29(24-9-5-3-6-10-24)25-11-7-4-8-12-25)45-37(46-36(32)49)48-18-15-28(22-48)44-38(53)43-27-13-16-39-17-14-27;/h3-14,16-17,20,23,28-31,33-34,51-52H,2,15,18-19,21-22H2,1H3,(H,40,45,46)(H2,39,43,44,53);1H/t28?,30-,31+,33+,34-;/m1./s1. The van der Waals surface area contributed by atoms with Gasteiger partial charge in [-0.1, -0.05) is 67.6 Å². The van der Waals surface area contributed by atoms with E-state index in [1.807, 2.05) is 52.8 Å². The summed E-state index contributed by atoms with van der Waals surface area (Å²) in [5, 5.41) is 41.0. The number of imidazole rings is 1. The Balaban J connectivity index is 0.00000450. The van der Waals surface area contributed by atoms with E-state index < -0.39 is 24.3 Å². The summed E-state index contributed by atoms with van der Waals surface area (Å²) in [7, 11) is 0. The zero-order chi connectivity index (χ0) is 36.3. The van der Waals surface area contributed by atoms with Crippen molar-refractivity contribution in [3.63, 3.8) is 0 Å². The Labute approximate surface area is 318 Å². The lowest BCUT2D eigenvalue weighted by Crippen LogP contribution is -2.40. The maximum Gasteiger partial charge on any atom is 0.319 e. The van der Waals surface area contributed by atoms with Crippen molar-refractivity contribution in [2.24, 2.45) is 0 Å². The number of urea groups is 1. The van der Waals surface area contributed by atoms with E-state index in [-0.39, 0.29) is 30.4 Å². The molecule has 280 valence electrons. The van der Waals surface area contributed by atoms with E-state index >= 15 is 0 Å². The van der Waals surface area contributed by atoms with Gasteiger partial charge in [0.25, 0.3) is 0 Å². The van der Waals surface area contributed by atoms with Crippen LogP contribution in [0.25, 0.3) is 11.2 Å². The number of aryl methyl sites for hydroxylation is 1. The zero-order valence-corrected chi connectivity index (χ0v) is 30.5. The number of aliphatic hydroxyl groups excluding tert-OH is 2. The number of pyridine rings is 1. The fraction of sp³-hybridized carbons (Fsp3) is 0.342. The second-order valence-electron chi connectivity index (χ2n) is 13.6. The van der Waals surface area contributed by atoms with Gasteiger partial charge in [0.15, 0.2) is 17.0 Å². The van der Waals surface area contributed by atoms with Crippen LogP contribution < -0.4 is 20.9 Å². The summed E-state index contributed by atoms with van der Waals surface area (Å²) in [5.41, 5.74) is 4.87. The summed E-state index contributed by atoms with van der Waals surface area (Å²) in [6, 6.07) is 22.6. The quantitative estimate of drug-likeness (QED) is 0.127. The summed E-state index contributed by atoms with van der Waals surface area (Å²) < 4.78 is 1.84. The molecule has 1 aliphatic carbocycles. The third-order valence-corrected chi connectivity index (χ3v) is 10.2. The highest BCUT2D eigenvalue weighted by Gasteiger charge is 2.45. The predicted molar refractivity (Wildman–Crippen MR) is 207 cm³/mol. The van der Waals surface area contributed by atoms with E-state index in [2.05, 4.69) is 55.4 Å². The summed E-state index contributed by atoms with van der Waals surface area (Å²) in [4.78, 5) is 35.2. The number of benzene rings is 2. The third kappa shape index (κ3) is 7.56. The third-order valence-electron chi connectivity index (χ3n) is 10.2. The molecular formula is C38H43ClN12O3. The number of anilines is 3. The molecule has 1 saturated carbocycles. The first-order valence-electron chi connectivity index (χ1n) is 18.0. The number of carbonyl (C=O) groups is 1. The number of hydrogen-bond donors (Lipinski definition) is 5. The van der Waals surface area contributed by atoms with Crippen LogP contribution >= 0.6 is 12.4 Å². The normalized spacial score (nSPS) is 21.0. The van der Waals surface area contributed by atoms with Gasteiger partial charge in [0.1, 0.15) is 18.2 Å². The van der Waals surface area contributed by atoms with Gasteiger partial charge in [0, 0.05) is 49.7 Å². The maximum atomic E-state index is 12.8. The van der Waals surface area contributed by atoms with Crippen LogP contribution in [0, 0.1) is 0 Å². The Hall–Kier alpha value is -5.64. The molecule has 54 heavy (non-hydrogen) atoms. The minimum atomic E-state index is -1.11. The molecule has 2 fully saturated rings. The molecule has 1 unspecified atom stereocenters. The molecular weight excluding hydrogens is 708 g/mol. The number of aliphatic hydroxyl groups is 2. The molecule has 0 bridgehead atoms. The van der Waals surface area contributed by atoms with Crippen LogP contribution in [0.5, 0.6) is 0 Å². The highest BCUT2D eigenvalue weighted by Crippen LogP contribution is 2.40. The van der Waals surface area contributed by atoms with Crippen LogP contribution in [-0.4, -0.2) is 93.6 Å². The van der Waals surface area contributed by atoms with Crippen molar-refractivity contribution in [2.75, 3.05) is 35.2 Å². The van der Waals surface area contributed by atoms with Gasteiger partial charge in [-0.2, -0.15) is 25.0 Å². The number of amides is 2. The van der Waals surface area contributed by atoms with Crippen molar-refractivity contribution >= 4 is 47.1 Å². The van der Waals surface area contributed by atoms with Gasteiger partial charge in [-0.25, -0.2) is 9.78 Å². The molecule has 0 spiro atoms. The van der Waals surface area contributed by atoms with Crippen LogP contribution in [0.3, 0.4) is 0 Å². The number of aromatic nitrogens is 8. The molecule has 2 aliphatic rings. The van der Waals surface area contributed by atoms with E-state index in [9.17, 15) is 15.0 Å². The molecule has 5 heterocycles. The summed E-state index contributed by atoms with van der Waals surface area (Å²) >= 11 is 0. The highest BCUT2D eigenvalue weighted by molar-refractivity contribution is 5.89. The lowest BCUT2D eigenvalue weighted by molar-refractivity contribution is 0.00497. The molecule has 1 aliphatic heterocycles. The Kier molecular flexibility index (Phi) is 11.0. The number of fused-ring (bicyclic) bond motifs is 1. The molecule has 5 N–H and O–H groups in total. The molecule has 15 nitrogen and oxygen atoms in total. The van der Waals surface area contributed by atoms with Crippen LogP contribution in [0.1, 0.15) is 54.6 Å². The van der Waals surface area contributed by atoms with E-state index in [0.29, 0.717) is 67.5 Å². The number of carbonyl (C=O) groups excluding carboxylic acids is 1. The van der Waals surface area contributed by atoms with Crippen molar-refractivity contribution in [3.8, 4) is 0 Å². The van der Waals surface area contributed by atoms with Crippen LogP contribution in [0.4, 0.5) is 22.2 Å². The summed E-state index contributed by atoms with van der Waals surface area (Å²) in [5.74, 6) is 1.05. The van der Waals surface area contributed by atoms with E-state index in [4.69, 9.17) is 15.0 Å². The lowest BCUT2D eigenvalue weighted by Gasteiger charge is -2.22. The average molecular weight is 751 g/mol. The van der Waals surface area contributed by atoms with Gasteiger partial charge in [-0.3, -0.25) is 4.98 Å². The fourth-order valence-corrected chi connectivity index (χ4v) is 7.38. The van der Waals surface area contributed by atoms with Gasteiger partial charge in [-0.15, -0.1) is 12.4 Å². The van der Waals surface area contributed by atoms with Gasteiger partial charge in [0.05, 0.1) is 24.3 Å². The Morgan fingerprint density at radius 3 is 2.33 bits per heavy atom. The average Bonchev–Trinajstić information content (AvgIpc) is 4.00. The SMILES string of the molecule is CCc1cnn([C@H]2C[C@@H](n3cnc4c(NCC(c5ccccc5)c5ccccc5)nc(N5CCC(NC(=O)Nc6ccncc6)C5)nc43)[C@H](O)[C@@H]2O)n1.Cl. The predicted octanol–water partition coefficient (Wildman–Crippen LogP) is 4.35. The summed E-state index contributed by atoms with van der Waals surface area (Å²) in [6.45, 7) is 3.64. The fourth-order valence-electron chi connectivity index (χ4n) is 7.38. The molecule has 2 amide bonds. The molecule has 6 aromatic rings. The second-order valence-corrected chi connectivity index (χ2v) is 13.6. The smallest absolute Gasteiger partial charge is 0.319 e. The first kappa shape index (κ1) is 36.7. The molecule has 16 heteroatoms. The first-order chi connectivity index (χ1) is 25.9. The number of nitrogens with one attached hydrogen (secondary N) is 3. The van der Waals surface area contributed by atoms with Gasteiger partial charge in [-0.05, 0) is 42.5 Å². The number of nitrogens with zero attached hydrogens (tertiary/aromatic N) is 9. The topological polar surface area (TPSA) is 184 Å². The number of halogens is 1. The van der Waals surface area contributed by atoms with Crippen molar-refractivity contribution in [3.05, 3.63) is 115 Å². The molecule has 2 aromatic carbocycles. The molecule has 4 aromatic heterocycles. The minimum absolute atomic E-state index is 0. The molecule has 5 atom stereocenters. The lowest BCUT2D eigenvalue weighted by atomic mass is 9.91. The molecule has 8 rings (SSSR count). The Bertz CT molecular complexity index is 2110. The van der Waals surface area contributed by atoms with Crippen LogP contribution in [0.15, 0.2) is 97.7 Å². The van der Waals surface area contributed by atoms with Crippen molar-refractivity contribution in [1.82, 2.24) is 44.8 Å². The monoisotopic (exact) mass is 750 g/mol. The highest BCUT2D eigenvalue weighted by atomic mass is 35.5. The van der Waals surface area contributed by atoms with E-state index in [0.717, 1.165) is 16.8 Å². The van der Waals surface area contributed by atoms with Crippen molar-refractivity contribution < 1.29 is 15.0 Å².